The maximum atomic E-state index is 13.1. The van der Waals surface area contributed by atoms with E-state index in [2.05, 4.69) is 16.4 Å². The molecule has 1 aromatic heterocycles. The van der Waals surface area contributed by atoms with E-state index in [-0.39, 0.29) is 18.0 Å². The molecular formula is C22H32N4O3. The average molecular weight is 401 g/mol. The van der Waals surface area contributed by atoms with Crippen molar-refractivity contribution in [2.75, 3.05) is 11.4 Å². The van der Waals surface area contributed by atoms with Gasteiger partial charge in [-0.1, -0.05) is 32.1 Å². The van der Waals surface area contributed by atoms with Crippen molar-refractivity contribution in [3.8, 4) is 0 Å². The van der Waals surface area contributed by atoms with E-state index >= 15 is 0 Å². The van der Waals surface area contributed by atoms with Crippen LogP contribution in [0, 0.1) is 0 Å². The molecule has 3 amide bonds. The van der Waals surface area contributed by atoms with Crippen molar-refractivity contribution < 1.29 is 14.8 Å². The Balaban J connectivity index is 1.59. The summed E-state index contributed by atoms with van der Waals surface area (Å²) in [5, 5.41) is 12.9. The summed E-state index contributed by atoms with van der Waals surface area (Å²) in [6.45, 7) is 0.640. The second-order valence-corrected chi connectivity index (χ2v) is 7.88. The second-order valence-electron chi connectivity index (χ2n) is 7.88. The Morgan fingerprint density at radius 1 is 1.07 bits per heavy atom. The number of aromatic nitrogens is 1. The van der Waals surface area contributed by atoms with Crippen LogP contribution in [0.25, 0.3) is 10.9 Å². The summed E-state index contributed by atoms with van der Waals surface area (Å²) in [4.78, 5) is 29.2. The molecule has 1 heterocycles. The van der Waals surface area contributed by atoms with Crippen molar-refractivity contribution >= 4 is 28.5 Å². The highest BCUT2D eigenvalue weighted by atomic mass is 16.5. The number of amides is 3. The summed E-state index contributed by atoms with van der Waals surface area (Å²) >= 11 is 0. The third-order valence-electron chi connectivity index (χ3n) is 5.69. The molecular weight excluding hydrogens is 368 g/mol. The van der Waals surface area contributed by atoms with Gasteiger partial charge in [-0.15, -0.1) is 0 Å². The Bertz CT molecular complexity index is 798. The van der Waals surface area contributed by atoms with Crippen LogP contribution in [0.1, 0.15) is 64.2 Å². The zero-order valence-corrected chi connectivity index (χ0v) is 17.0. The molecule has 7 nitrogen and oxygen atoms in total. The zero-order valence-electron chi connectivity index (χ0n) is 17.0. The number of H-pyrrole nitrogens is 1. The van der Waals surface area contributed by atoms with Crippen LogP contribution >= 0.6 is 0 Å². The lowest BCUT2D eigenvalue weighted by molar-refractivity contribution is -0.129. The van der Waals surface area contributed by atoms with E-state index in [1.807, 2.05) is 29.3 Å². The van der Waals surface area contributed by atoms with Crippen molar-refractivity contribution in [1.29, 1.82) is 0 Å². The molecule has 0 bridgehead atoms. The highest BCUT2D eigenvalue weighted by molar-refractivity contribution is 5.95. The van der Waals surface area contributed by atoms with Crippen LogP contribution in [0.5, 0.6) is 0 Å². The number of rotatable bonds is 9. The molecule has 3 rings (SSSR count). The number of nitrogens with zero attached hydrogens (tertiary/aromatic N) is 1. The average Bonchev–Trinajstić information content (AvgIpc) is 3.21. The number of aromatic amines is 1. The maximum Gasteiger partial charge on any atom is 0.322 e. The van der Waals surface area contributed by atoms with Crippen molar-refractivity contribution in [2.45, 2.75) is 70.3 Å². The van der Waals surface area contributed by atoms with E-state index in [4.69, 9.17) is 5.21 Å². The summed E-state index contributed by atoms with van der Waals surface area (Å²) in [7, 11) is 0. The molecule has 1 aromatic carbocycles. The molecule has 0 aliphatic heterocycles. The van der Waals surface area contributed by atoms with Gasteiger partial charge in [0.2, 0.25) is 5.91 Å². The minimum atomic E-state index is -0.349. The molecule has 0 atom stereocenters. The van der Waals surface area contributed by atoms with Gasteiger partial charge < -0.3 is 10.3 Å². The first-order chi connectivity index (χ1) is 14.2. The summed E-state index contributed by atoms with van der Waals surface area (Å²) in [5.41, 5.74) is 3.63. The van der Waals surface area contributed by atoms with Gasteiger partial charge in [0, 0.05) is 41.8 Å². The normalized spacial score (nSPS) is 14.7. The van der Waals surface area contributed by atoms with Crippen molar-refractivity contribution in [1.82, 2.24) is 15.8 Å². The van der Waals surface area contributed by atoms with Gasteiger partial charge in [0.15, 0.2) is 0 Å². The molecule has 1 fully saturated rings. The first kappa shape index (κ1) is 21.2. The Labute approximate surface area is 171 Å². The van der Waals surface area contributed by atoms with Gasteiger partial charge >= 0.3 is 6.03 Å². The number of hydrogen-bond acceptors (Lipinski definition) is 3. The fourth-order valence-electron chi connectivity index (χ4n) is 4.02. The zero-order chi connectivity index (χ0) is 20.5. The fraction of sp³-hybridized carbons (Fsp3) is 0.545. The number of anilines is 1. The number of fused-ring (bicyclic) bond motifs is 1. The third kappa shape index (κ3) is 6.22. The lowest BCUT2D eigenvalue weighted by Gasteiger charge is -2.28. The molecule has 1 aliphatic carbocycles. The molecule has 29 heavy (non-hydrogen) atoms. The molecule has 0 unspecified atom stereocenters. The van der Waals surface area contributed by atoms with Crippen molar-refractivity contribution in [3.05, 3.63) is 30.5 Å². The topological polar surface area (TPSA) is 97.5 Å². The number of urea groups is 1. The molecule has 0 radical (unpaired) electrons. The maximum absolute atomic E-state index is 13.1. The lowest BCUT2D eigenvalue weighted by atomic mass is 9.96. The minimum absolute atomic E-state index is 0.0218. The highest BCUT2D eigenvalue weighted by Gasteiger charge is 2.21. The van der Waals surface area contributed by atoms with E-state index in [0.717, 1.165) is 55.1 Å². The Morgan fingerprint density at radius 2 is 1.86 bits per heavy atom. The molecule has 1 aliphatic rings. The van der Waals surface area contributed by atoms with E-state index in [1.165, 1.54) is 19.3 Å². The van der Waals surface area contributed by atoms with E-state index < -0.39 is 0 Å². The SMILES string of the molecule is O=C(CCCCCCN(C(=O)NC1CCCCC1)c1ccc2[nH]ccc2c1)NO. The lowest BCUT2D eigenvalue weighted by Crippen LogP contribution is -2.46. The molecule has 158 valence electrons. The number of carbonyl (C=O) groups is 2. The van der Waals surface area contributed by atoms with Crippen LogP contribution in [0.4, 0.5) is 10.5 Å². The summed E-state index contributed by atoms with van der Waals surface area (Å²) < 4.78 is 0. The predicted octanol–water partition coefficient (Wildman–Crippen LogP) is 4.47. The van der Waals surface area contributed by atoms with Gasteiger partial charge in [0.05, 0.1) is 0 Å². The molecule has 4 N–H and O–H groups in total. The first-order valence-corrected chi connectivity index (χ1v) is 10.8. The number of carbonyl (C=O) groups excluding carboxylic acids is 2. The highest BCUT2D eigenvalue weighted by Crippen LogP contribution is 2.23. The van der Waals surface area contributed by atoms with Crippen LogP contribution in [0.15, 0.2) is 30.5 Å². The van der Waals surface area contributed by atoms with Crippen molar-refractivity contribution in [2.24, 2.45) is 0 Å². The van der Waals surface area contributed by atoms with Gasteiger partial charge in [-0.05, 0) is 49.9 Å². The van der Waals surface area contributed by atoms with Gasteiger partial charge in [-0.3, -0.25) is 14.9 Å². The molecule has 2 aromatic rings. The minimum Gasteiger partial charge on any atom is -0.361 e. The monoisotopic (exact) mass is 400 g/mol. The van der Waals surface area contributed by atoms with E-state index in [1.54, 1.807) is 5.48 Å². The molecule has 1 saturated carbocycles. The van der Waals surface area contributed by atoms with Crippen LogP contribution in [-0.2, 0) is 4.79 Å². The van der Waals surface area contributed by atoms with E-state index in [0.29, 0.717) is 13.0 Å². The second kappa shape index (κ2) is 10.9. The largest absolute Gasteiger partial charge is 0.361 e. The quantitative estimate of drug-likeness (QED) is 0.284. The van der Waals surface area contributed by atoms with Gasteiger partial charge in [-0.2, -0.15) is 0 Å². The Kier molecular flexibility index (Phi) is 7.93. The molecule has 0 spiro atoms. The molecule has 7 heteroatoms. The number of hydrogen-bond donors (Lipinski definition) is 4. The Morgan fingerprint density at radius 3 is 2.66 bits per heavy atom. The third-order valence-corrected chi connectivity index (χ3v) is 5.69. The number of unbranched alkanes of at least 4 members (excludes halogenated alkanes) is 3. The number of benzene rings is 1. The summed E-state index contributed by atoms with van der Waals surface area (Å²) in [5.74, 6) is -0.349. The van der Waals surface area contributed by atoms with Gasteiger partial charge in [0.25, 0.3) is 0 Å². The van der Waals surface area contributed by atoms with Crippen LogP contribution in [0.2, 0.25) is 0 Å². The number of nitrogens with one attached hydrogen (secondary N) is 3. The summed E-state index contributed by atoms with van der Waals surface area (Å²) in [6, 6.07) is 8.32. The smallest absolute Gasteiger partial charge is 0.322 e. The summed E-state index contributed by atoms with van der Waals surface area (Å²) in [6.07, 6.45) is 11.4. The standard InChI is InChI=1S/C22H32N4O3/c27-21(25-29)10-6-1-2-7-15-26(22(28)24-18-8-4-3-5-9-18)19-11-12-20-17(16-19)13-14-23-20/h11-14,16,18,23,29H,1-10,15H2,(H,24,28)(H,25,27). The first-order valence-electron chi connectivity index (χ1n) is 10.8. The van der Waals surface area contributed by atoms with Crippen molar-refractivity contribution in [3.63, 3.8) is 0 Å². The fourth-order valence-corrected chi connectivity index (χ4v) is 4.02. The van der Waals surface area contributed by atoms with Gasteiger partial charge in [0.1, 0.15) is 0 Å². The van der Waals surface area contributed by atoms with Crippen LogP contribution in [0.3, 0.4) is 0 Å². The van der Waals surface area contributed by atoms with Gasteiger partial charge in [-0.25, -0.2) is 10.3 Å². The van der Waals surface area contributed by atoms with E-state index in [9.17, 15) is 9.59 Å². The predicted molar refractivity (Wildman–Crippen MR) is 114 cm³/mol. The van der Waals surface area contributed by atoms with Crippen LogP contribution in [-0.4, -0.2) is 34.7 Å². The Hall–Kier alpha value is -2.54. The molecule has 0 saturated heterocycles. The van der Waals surface area contributed by atoms with Crippen LogP contribution < -0.4 is 15.7 Å². The number of hydroxylamine groups is 1.